The molecule has 0 N–H and O–H groups in total. The maximum Gasteiger partial charge on any atom is 0.0275 e. The Balaban J connectivity index is 1.84. The second-order valence-electron chi connectivity index (χ2n) is 6.75. The molecule has 0 heterocycles. The molecule has 0 saturated carbocycles. The van der Waals surface area contributed by atoms with Gasteiger partial charge in [0.1, 0.15) is 0 Å². The van der Waals surface area contributed by atoms with E-state index in [4.69, 9.17) is 0 Å². The van der Waals surface area contributed by atoms with Gasteiger partial charge < -0.3 is 0 Å². The number of allylic oxidation sites excluding steroid dienone is 3. The standard InChI is InChI=1S/C25H22/c1-19-16-22-14-8-9-15-24(22)23(17-19)18-25(20-10-4-2-5-11-20)21-12-6-3-7-13-21/h2-16,18,25H,17H2,1H3. The van der Waals surface area contributed by atoms with E-state index in [1.165, 1.54) is 33.4 Å². The highest BCUT2D eigenvalue weighted by atomic mass is 14.2. The Morgan fingerprint density at radius 1 is 0.720 bits per heavy atom. The van der Waals surface area contributed by atoms with Crippen molar-refractivity contribution in [3.63, 3.8) is 0 Å². The van der Waals surface area contributed by atoms with Gasteiger partial charge in [0.2, 0.25) is 0 Å². The lowest BCUT2D eigenvalue weighted by Crippen LogP contribution is -2.02. The first-order valence-corrected chi connectivity index (χ1v) is 8.88. The van der Waals surface area contributed by atoms with Crippen LogP contribution in [0.2, 0.25) is 0 Å². The van der Waals surface area contributed by atoms with Gasteiger partial charge in [-0.3, -0.25) is 0 Å². The molecule has 0 bridgehead atoms. The molecule has 0 amide bonds. The molecule has 4 rings (SSSR count). The Bertz CT molecular complexity index is 875. The van der Waals surface area contributed by atoms with E-state index in [9.17, 15) is 0 Å². The monoisotopic (exact) mass is 322 g/mol. The summed E-state index contributed by atoms with van der Waals surface area (Å²) >= 11 is 0. The molecule has 0 nitrogen and oxygen atoms in total. The van der Waals surface area contributed by atoms with Gasteiger partial charge in [0.25, 0.3) is 0 Å². The van der Waals surface area contributed by atoms with Crippen LogP contribution in [-0.4, -0.2) is 0 Å². The van der Waals surface area contributed by atoms with E-state index in [-0.39, 0.29) is 5.92 Å². The van der Waals surface area contributed by atoms with E-state index >= 15 is 0 Å². The smallest absolute Gasteiger partial charge is 0.0275 e. The van der Waals surface area contributed by atoms with Crippen molar-refractivity contribution in [2.24, 2.45) is 0 Å². The Hall–Kier alpha value is -2.86. The van der Waals surface area contributed by atoms with E-state index in [2.05, 4.69) is 104 Å². The first-order valence-electron chi connectivity index (χ1n) is 8.88. The third kappa shape index (κ3) is 3.34. The topological polar surface area (TPSA) is 0 Å². The van der Waals surface area contributed by atoms with E-state index in [0.29, 0.717) is 0 Å². The molecule has 0 spiro atoms. The molecule has 0 radical (unpaired) electrons. The summed E-state index contributed by atoms with van der Waals surface area (Å²) in [6.07, 6.45) is 5.79. The lowest BCUT2D eigenvalue weighted by atomic mass is 9.83. The van der Waals surface area contributed by atoms with Crippen LogP contribution in [0.4, 0.5) is 0 Å². The lowest BCUT2D eigenvalue weighted by Gasteiger charge is -2.21. The predicted molar refractivity (Wildman–Crippen MR) is 107 cm³/mol. The molecule has 1 aliphatic carbocycles. The summed E-state index contributed by atoms with van der Waals surface area (Å²) in [5.74, 6) is 0.274. The zero-order valence-corrected chi connectivity index (χ0v) is 14.5. The van der Waals surface area contributed by atoms with Crippen molar-refractivity contribution in [3.8, 4) is 0 Å². The normalized spacial score (nSPS) is 15.1. The Morgan fingerprint density at radius 3 is 1.92 bits per heavy atom. The van der Waals surface area contributed by atoms with Gasteiger partial charge >= 0.3 is 0 Å². The zero-order chi connectivity index (χ0) is 17.1. The first kappa shape index (κ1) is 15.7. The van der Waals surface area contributed by atoms with Crippen molar-refractivity contribution in [2.45, 2.75) is 19.3 Å². The molecule has 0 unspecified atom stereocenters. The fourth-order valence-electron chi connectivity index (χ4n) is 3.68. The molecular weight excluding hydrogens is 300 g/mol. The third-order valence-electron chi connectivity index (χ3n) is 4.86. The summed E-state index contributed by atoms with van der Waals surface area (Å²) in [6.45, 7) is 2.23. The fourth-order valence-corrected chi connectivity index (χ4v) is 3.68. The molecule has 122 valence electrons. The van der Waals surface area contributed by atoms with Crippen LogP contribution in [0.3, 0.4) is 0 Å². The van der Waals surface area contributed by atoms with Crippen molar-refractivity contribution < 1.29 is 0 Å². The first-order chi connectivity index (χ1) is 12.3. The Kier molecular flexibility index (Phi) is 4.35. The predicted octanol–water partition coefficient (Wildman–Crippen LogP) is 6.71. The summed E-state index contributed by atoms with van der Waals surface area (Å²) in [7, 11) is 0. The van der Waals surface area contributed by atoms with Crippen LogP contribution in [-0.2, 0) is 0 Å². The molecule has 0 heteroatoms. The van der Waals surface area contributed by atoms with E-state index in [1.54, 1.807) is 0 Å². The summed E-state index contributed by atoms with van der Waals surface area (Å²) in [4.78, 5) is 0. The van der Waals surface area contributed by atoms with E-state index < -0.39 is 0 Å². The molecule has 3 aromatic carbocycles. The van der Waals surface area contributed by atoms with E-state index in [1.807, 2.05) is 0 Å². The van der Waals surface area contributed by atoms with Crippen LogP contribution >= 0.6 is 0 Å². The minimum atomic E-state index is 0.274. The molecule has 0 aromatic heterocycles. The largest absolute Gasteiger partial charge is 0.0685 e. The number of fused-ring (bicyclic) bond motifs is 1. The van der Waals surface area contributed by atoms with Crippen molar-refractivity contribution in [2.75, 3.05) is 0 Å². The second kappa shape index (κ2) is 6.94. The molecule has 25 heavy (non-hydrogen) atoms. The Labute approximate surface area is 150 Å². The van der Waals surface area contributed by atoms with Crippen LogP contribution in [0.15, 0.2) is 96.6 Å². The van der Waals surface area contributed by atoms with Crippen molar-refractivity contribution in [1.29, 1.82) is 0 Å². The van der Waals surface area contributed by atoms with Crippen LogP contribution in [0.1, 0.15) is 41.5 Å². The van der Waals surface area contributed by atoms with Crippen LogP contribution < -0.4 is 0 Å². The maximum atomic E-state index is 2.46. The van der Waals surface area contributed by atoms with Gasteiger partial charge in [-0.15, -0.1) is 0 Å². The van der Waals surface area contributed by atoms with Crippen LogP contribution in [0.25, 0.3) is 11.6 Å². The maximum absolute atomic E-state index is 2.46. The van der Waals surface area contributed by atoms with Gasteiger partial charge in [-0.2, -0.15) is 0 Å². The highest BCUT2D eigenvalue weighted by molar-refractivity contribution is 5.81. The highest BCUT2D eigenvalue weighted by Gasteiger charge is 2.17. The highest BCUT2D eigenvalue weighted by Crippen LogP contribution is 2.36. The minimum absolute atomic E-state index is 0.274. The third-order valence-corrected chi connectivity index (χ3v) is 4.86. The molecule has 3 aromatic rings. The van der Waals surface area contributed by atoms with Gasteiger partial charge in [0, 0.05) is 5.92 Å². The molecule has 1 aliphatic rings. The average molecular weight is 322 g/mol. The number of hydrogen-bond donors (Lipinski definition) is 0. The van der Waals surface area contributed by atoms with Gasteiger partial charge in [0.15, 0.2) is 0 Å². The quantitative estimate of drug-likeness (QED) is 0.503. The minimum Gasteiger partial charge on any atom is -0.0685 e. The fraction of sp³-hybridized carbons (Fsp3) is 0.120. The summed E-state index contributed by atoms with van der Waals surface area (Å²) in [5.41, 5.74) is 8.22. The molecule has 0 saturated heterocycles. The summed E-state index contributed by atoms with van der Waals surface area (Å²) < 4.78 is 0. The van der Waals surface area contributed by atoms with Crippen molar-refractivity contribution in [3.05, 3.63) is 119 Å². The van der Waals surface area contributed by atoms with Gasteiger partial charge in [-0.25, -0.2) is 0 Å². The molecule has 0 aliphatic heterocycles. The van der Waals surface area contributed by atoms with Crippen LogP contribution in [0.5, 0.6) is 0 Å². The molecule has 0 fully saturated rings. The number of benzene rings is 3. The van der Waals surface area contributed by atoms with Crippen molar-refractivity contribution >= 4 is 11.6 Å². The Morgan fingerprint density at radius 2 is 1.28 bits per heavy atom. The number of hydrogen-bond acceptors (Lipinski definition) is 0. The molecule has 0 atom stereocenters. The lowest BCUT2D eigenvalue weighted by molar-refractivity contribution is 1.02. The van der Waals surface area contributed by atoms with Gasteiger partial charge in [0.05, 0.1) is 0 Å². The number of rotatable bonds is 3. The average Bonchev–Trinajstić information content (AvgIpc) is 2.67. The van der Waals surface area contributed by atoms with Crippen molar-refractivity contribution in [1.82, 2.24) is 0 Å². The summed E-state index contributed by atoms with van der Waals surface area (Å²) in [6, 6.07) is 30.3. The van der Waals surface area contributed by atoms with Crippen LogP contribution in [0, 0.1) is 0 Å². The van der Waals surface area contributed by atoms with Gasteiger partial charge in [-0.05, 0) is 41.2 Å². The summed E-state index contributed by atoms with van der Waals surface area (Å²) in [5, 5.41) is 0. The molecular formula is C25H22. The van der Waals surface area contributed by atoms with E-state index in [0.717, 1.165) is 6.42 Å². The van der Waals surface area contributed by atoms with Gasteiger partial charge in [-0.1, -0.05) is 103 Å². The zero-order valence-electron chi connectivity index (χ0n) is 14.5. The SMILES string of the molecule is CC1=Cc2ccccc2C(=CC(c2ccccc2)c2ccccc2)C1. The second-order valence-corrected chi connectivity index (χ2v) is 6.75.